The molecule has 0 aliphatic heterocycles. The Labute approximate surface area is 213 Å². The van der Waals surface area contributed by atoms with Crippen LogP contribution in [0.15, 0.2) is 41.3 Å². The topological polar surface area (TPSA) is 120 Å². The lowest BCUT2D eigenvalue weighted by Crippen LogP contribution is -2.33. The molecule has 0 aliphatic rings. The van der Waals surface area contributed by atoms with E-state index in [4.69, 9.17) is 22.1 Å². The minimum atomic E-state index is -4.42. The Kier molecular flexibility index (Phi) is 8.54. The van der Waals surface area contributed by atoms with Crippen molar-refractivity contribution < 1.29 is 31.8 Å². The maximum atomic E-state index is 14.8. The fraction of sp³-hybridized carbons (Fsp3) is 0.333. The number of rotatable bonds is 10. The normalized spacial score (nSPS) is 12.0. The molecule has 1 amide bonds. The third kappa shape index (κ3) is 7.49. The Morgan fingerprint density at radius 1 is 1.16 bits per heavy atom. The number of pyridine rings is 1. The van der Waals surface area contributed by atoms with Gasteiger partial charge in [0.1, 0.15) is 24.9 Å². The summed E-state index contributed by atoms with van der Waals surface area (Å²) in [5.74, 6) is -1.31. The largest absolute Gasteiger partial charge is 0.475 e. The fourth-order valence-corrected chi connectivity index (χ4v) is 3.56. The predicted octanol–water partition coefficient (Wildman–Crippen LogP) is 4.30. The first kappa shape index (κ1) is 28.1. The molecule has 8 nitrogen and oxygen atoms in total. The number of primary amides is 1. The van der Waals surface area contributed by atoms with E-state index in [0.29, 0.717) is 11.1 Å². The maximum absolute atomic E-state index is 14.8. The summed E-state index contributed by atoms with van der Waals surface area (Å²) in [7, 11) is 0. The lowest BCUT2D eigenvalue weighted by atomic mass is 9.84. The van der Waals surface area contributed by atoms with Crippen molar-refractivity contribution >= 4 is 17.5 Å². The number of amides is 1. The van der Waals surface area contributed by atoms with Crippen LogP contribution in [0.4, 0.5) is 17.6 Å². The van der Waals surface area contributed by atoms with Gasteiger partial charge in [-0.05, 0) is 24.1 Å². The molecule has 0 fully saturated rings. The van der Waals surface area contributed by atoms with Crippen LogP contribution in [0.3, 0.4) is 0 Å². The average molecular weight is 543 g/mol. The van der Waals surface area contributed by atoms with Gasteiger partial charge in [-0.3, -0.25) is 9.59 Å². The summed E-state index contributed by atoms with van der Waals surface area (Å²) in [6.07, 6.45) is -2.96. The van der Waals surface area contributed by atoms with E-state index >= 15 is 0 Å². The number of carbonyl (C=O) groups excluding carboxylic acids is 1. The number of aromatic amines is 1. The summed E-state index contributed by atoms with van der Waals surface area (Å²) in [5, 5.41) is -0.0239. The van der Waals surface area contributed by atoms with E-state index in [1.165, 1.54) is 30.5 Å². The van der Waals surface area contributed by atoms with Crippen molar-refractivity contribution in [1.82, 2.24) is 15.0 Å². The molecule has 0 atom stereocenters. The van der Waals surface area contributed by atoms with Crippen LogP contribution in [0.2, 0.25) is 5.02 Å². The van der Waals surface area contributed by atoms with E-state index in [-0.39, 0.29) is 47.6 Å². The number of aromatic nitrogens is 3. The highest BCUT2D eigenvalue weighted by atomic mass is 35.5. The van der Waals surface area contributed by atoms with Crippen LogP contribution in [-0.2, 0) is 16.0 Å². The summed E-state index contributed by atoms with van der Waals surface area (Å²) in [4.78, 5) is 34.9. The van der Waals surface area contributed by atoms with Gasteiger partial charge in [0.05, 0.1) is 22.9 Å². The first-order chi connectivity index (χ1) is 17.3. The second-order valence-corrected chi connectivity index (χ2v) is 9.08. The zero-order chi connectivity index (χ0) is 27.4. The maximum Gasteiger partial charge on any atom is 0.411 e. The van der Waals surface area contributed by atoms with Gasteiger partial charge in [0.2, 0.25) is 11.8 Å². The quantitative estimate of drug-likeness (QED) is 0.291. The summed E-state index contributed by atoms with van der Waals surface area (Å²) in [6.45, 7) is 1.44. The molecule has 0 saturated carbocycles. The lowest BCUT2D eigenvalue weighted by molar-refractivity contribution is -0.175. The second-order valence-electron chi connectivity index (χ2n) is 8.70. The van der Waals surface area contributed by atoms with E-state index in [1.807, 2.05) is 0 Å². The zero-order valence-electron chi connectivity index (χ0n) is 19.8. The standard InChI is InChI=1S/C24H23ClF4N4O4/c1-23(2,22(30)35)10-13-3-5-15(26)19(20(13)25)21-32-16(9-17(34)33-21)14-4-6-18(31-11-14)37-8-7-36-12-24(27,28)29/h3-6,9,11H,7-8,10,12H2,1-2H3,(H2,30,35)(H,32,33,34). The molecule has 0 bridgehead atoms. The predicted molar refractivity (Wildman–Crippen MR) is 128 cm³/mol. The number of halogens is 5. The van der Waals surface area contributed by atoms with Gasteiger partial charge in [0, 0.05) is 29.3 Å². The molecule has 3 rings (SSSR count). The Bertz CT molecular complexity index is 1330. The molecular formula is C24H23ClF4N4O4. The van der Waals surface area contributed by atoms with Gasteiger partial charge < -0.3 is 20.2 Å². The molecule has 0 spiro atoms. The van der Waals surface area contributed by atoms with Crippen LogP contribution < -0.4 is 16.0 Å². The van der Waals surface area contributed by atoms with Crippen molar-refractivity contribution in [3.05, 3.63) is 63.3 Å². The molecule has 1 aromatic carbocycles. The SMILES string of the molecule is CC(C)(Cc1ccc(F)c(-c2nc(-c3ccc(OCCOCC(F)(F)F)nc3)cc(=O)[nH]2)c1Cl)C(N)=O. The molecule has 198 valence electrons. The van der Waals surface area contributed by atoms with Crippen LogP contribution in [-0.4, -0.2) is 46.9 Å². The Morgan fingerprint density at radius 2 is 1.89 bits per heavy atom. The van der Waals surface area contributed by atoms with Gasteiger partial charge >= 0.3 is 6.18 Å². The number of carbonyl (C=O) groups is 1. The van der Waals surface area contributed by atoms with Crippen LogP contribution in [0.5, 0.6) is 5.88 Å². The monoisotopic (exact) mass is 542 g/mol. The van der Waals surface area contributed by atoms with Crippen LogP contribution in [0, 0.1) is 11.2 Å². The Morgan fingerprint density at radius 3 is 2.51 bits per heavy atom. The summed E-state index contributed by atoms with van der Waals surface area (Å²) in [6, 6.07) is 6.73. The van der Waals surface area contributed by atoms with Gasteiger partial charge in [-0.25, -0.2) is 14.4 Å². The molecule has 0 saturated heterocycles. The lowest BCUT2D eigenvalue weighted by Gasteiger charge is -2.22. The summed E-state index contributed by atoms with van der Waals surface area (Å²) in [5.41, 5.74) is 4.74. The van der Waals surface area contributed by atoms with Crippen LogP contribution in [0.25, 0.3) is 22.6 Å². The average Bonchev–Trinajstić information content (AvgIpc) is 2.80. The summed E-state index contributed by atoms with van der Waals surface area (Å²) >= 11 is 6.47. The highest BCUT2D eigenvalue weighted by molar-refractivity contribution is 6.34. The van der Waals surface area contributed by atoms with Gasteiger partial charge in [0.25, 0.3) is 5.56 Å². The van der Waals surface area contributed by atoms with Crippen LogP contribution in [0.1, 0.15) is 19.4 Å². The molecule has 2 heterocycles. The second kappa shape index (κ2) is 11.3. The van der Waals surface area contributed by atoms with Gasteiger partial charge in [-0.2, -0.15) is 13.2 Å². The van der Waals surface area contributed by atoms with Gasteiger partial charge in [0.15, 0.2) is 0 Å². The number of benzene rings is 1. The number of nitrogens with one attached hydrogen (secondary N) is 1. The van der Waals surface area contributed by atoms with E-state index in [0.717, 1.165) is 6.07 Å². The van der Waals surface area contributed by atoms with Crippen molar-refractivity contribution in [3.8, 4) is 28.5 Å². The molecule has 0 unspecified atom stereocenters. The highest BCUT2D eigenvalue weighted by Crippen LogP contribution is 2.35. The molecule has 13 heteroatoms. The molecular weight excluding hydrogens is 520 g/mol. The smallest absolute Gasteiger partial charge is 0.411 e. The number of nitrogens with two attached hydrogens (primary N) is 1. The number of alkyl halides is 3. The number of H-pyrrole nitrogens is 1. The van der Waals surface area contributed by atoms with Crippen molar-refractivity contribution in [2.75, 3.05) is 19.8 Å². The van der Waals surface area contributed by atoms with Gasteiger partial charge in [-0.1, -0.05) is 31.5 Å². The molecule has 0 aliphatic carbocycles. The van der Waals surface area contributed by atoms with Crippen LogP contribution >= 0.6 is 11.6 Å². The third-order valence-corrected chi connectivity index (χ3v) is 5.66. The van der Waals surface area contributed by atoms with Gasteiger partial charge in [-0.15, -0.1) is 0 Å². The molecule has 37 heavy (non-hydrogen) atoms. The first-order valence-electron chi connectivity index (χ1n) is 10.9. The third-order valence-electron chi connectivity index (χ3n) is 5.22. The molecule has 0 radical (unpaired) electrons. The fourth-order valence-electron chi connectivity index (χ4n) is 3.25. The summed E-state index contributed by atoms with van der Waals surface area (Å²) < 4.78 is 60.8. The number of nitrogens with zero attached hydrogens (tertiary/aromatic N) is 2. The number of ether oxygens (including phenoxy) is 2. The number of hydrogen-bond donors (Lipinski definition) is 2. The van der Waals surface area contributed by atoms with Crippen molar-refractivity contribution in [1.29, 1.82) is 0 Å². The number of hydrogen-bond acceptors (Lipinski definition) is 6. The Balaban J connectivity index is 1.83. The van der Waals surface area contributed by atoms with E-state index < -0.39 is 35.5 Å². The molecule has 3 N–H and O–H groups in total. The molecule has 2 aromatic heterocycles. The van der Waals surface area contributed by atoms with Crippen molar-refractivity contribution in [2.24, 2.45) is 11.1 Å². The minimum Gasteiger partial charge on any atom is -0.475 e. The Hall–Kier alpha value is -3.51. The van der Waals surface area contributed by atoms with E-state index in [9.17, 15) is 27.2 Å². The molecule has 3 aromatic rings. The zero-order valence-corrected chi connectivity index (χ0v) is 20.5. The first-order valence-corrected chi connectivity index (χ1v) is 11.3. The minimum absolute atomic E-state index is 0.0239. The van der Waals surface area contributed by atoms with Crippen molar-refractivity contribution in [2.45, 2.75) is 26.4 Å². The van der Waals surface area contributed by atoms with E-state index in [2.05, 4.69) is 19.7 Å². The van der Waals surface area contributed by atoms with E-state index in [1.54, 1.807) is 13.8 Å². The van der Waals surface area contributed by atoms with Crippen molar-refractivity contribution in [3.63, 3.8) is 0 Å². The highest BCUT2D eigenvalue weighted by Gasteiger charge is 2.28.